The van der Waals surface area contributed by atoms with Crippen molar-refractivity contribution in [3.8, 4) is 23.8 Å². The number of hydrogen-bond donors (Lipinski definition) is 1. The average molecular weight is 560 g/mol. The highest BCUT2D eigenvalue weighted by atomic mass is 79.9. The first-order chi connectivity index (χ1) is 15.5. The highest BCUT2D eigenvalue weighted by Crippen LogP contribution is 2.34. The summed E-state index contributed by atoms with van der Waals surface area (Å²) in [7, 11) is 0. The number of nitrogens with zero attached hydrogens (tertiary/aromatic N) is 1. The van der Waals surface area contributed by atoms with Crippen molar-refractivity contribution in [2.45, 2.75) is 13.3 Å². The maximum atomic E-state index is 12.5. The normalized spacial score (nSPS) is 10.8. The van der Waals surface area contributed by atoms with E-state index in [4.69, 9.17) is 20.3 Å². The monoisotopic (exact) mass is 558 g/mol. The van der Waals surface area contributed by atoms with E-state index in [9.17, 15) is 4.79 Å². The van der Waals surface area contributed by atoms with Gasteiger partial charge in [0.2, 0.25) is 0 Å². The molecule has 3 rings (SSSR count). The number of benzene rings is 2. The SMILES string of the molecule is C#CCOc1c(CC=C)cc(/C=N\NC(=O)c2cc3cc(Br)cc(Br)c3o2)cc1OCC. The summed E-state index contributed by atoms with van der Waals surface area (Å²) in [6.45, 7) is 6.24. The number of ether oxygens (including phenoxy) is 2. The quantitative estimate of drug-likeness (QED) is 0.154. The third kappa shape index (κ3) is 5.61. The molecule has 1 aromatic heterocycles. The van der Waals surface area contributed by atoms with E-state index in [1.165, 1.54) is 6.21 Å². The molecule has 0 saturated heterocycles. The largest absolute Gasteiger partial charge is 0.490 e. The number of amides is 1. The van der Waals surface area contributed by atoms with E-state index < -0.39 is 5.91 Å². The van der Waals surface area contributed by atoms with Crippen LogP contribution in [0, 0.1) is 12.3 Å². The molecule has 6 nitrogen and oxygen atoms in total. The van der Waals surface area contributed by atoms with Crippen molar-refractivity contribution in [3.05, 3.63) is 68.8 Å². The third-order valence-electron chi connectivity index (χ3n) is 4.26. The minimum Gasteiger partial charge on any atom is -0.490 e. The molecule has 1 N–H and O–H groups in total. The lowest BCUT2D eigenvalue weighted by molar-refractivity contribution is 0.0929. The molecule has 0 fully saturated rings. The van der Waals surface area contributed by atoms with Gasteiger partial charge in [-0.25, -0.2) is 5.43 Å². The van der Waals surface area contributed by atoms with Crippen molar-refractivity contribution in [2.75, 3.05) is 13.2 Å². The maximum Gasteiger partial charge on any atom is 0.307 e. The van der Waals surface area contributed by atoms with E-state index >= 15 is 0 Å². The number of fused-ring (bicyclic) bond motifs is 1. The molecule has 0 aliphatic heterocycles. The van der Waals surface area contributed by atoms with E-state index in [1.54, 1.807) is 18.2 Å². The van der Waals surface area contributed by atoms with Gasteiger partial charge in [0.1, 0.15) is 12.2 Å². The molecule has 164 valence electrons. The molecule has 2 aromatic carbocycles. The van der Waals surface area contributed by atoms with Crippen LogP contribution in [-0.2, 0) is 6.42 Å². The van der Waals surface area contributed by atoms with Crippen molar-refractivity contribution in [3.63, 3.8) is 0 Å². The topological polar surface area (TPSA) is 73.1 Å². The Morgan fingerprint density at radius 1 is 1.28 bits per heavy atom. The minimum atomic E-state index is -0.467. The van der Waals surface area contributed by atoms with Crippen LogP contribution in [-0.4, -0.2) is 25.3 Å². The number of halogens is 2. The summed E-state index contributed by atoms with van der Waals surface area (Å²) in [6.07, 6.45) is 9.16. The summed E-state index contributed by atoms with van der Waals surface area (Å²) in [6, 6.07) is 9.01. The average Bonchev–Trinajstić information content (AvgIpc) is 3.18. The minimum absolute atomic E-state index is 0.123. The number of carbonyl (C=O) groups excluding carboxylic acids is 1. The van der Waals surface area contributed by atoms with Gasteiger partial charge in [-0.05, 0) is 65.2 Å². The highest BCUT2D eigenvalue weighted by Gasteiger charge is 2.15. The zero-order valence-corrected chi connectivity index (χ0v) is 20.5. The van der Waals surface area contributed by atoms with Gasteiger partial charge < -0.3 is 13.9 Å². The second kappa shape index (κ2) is 11.0. The van der Waals surface area contributed by atoms with Gasteiger partial charge >= 0.3 is 5.91 Å². The fourth-order valence-corrected chi connectivity index (χ4v) is 4.35. The molecular weight excluding hydrogens is 540 g/mol. The molecule has 0 spiro atoms. The zero-order chi connectivity index (χ0) is 23.1. The van der Waals surface area contributed by atoms with Gasteiger partial charge in [0.05, 0.1) is 17.3 Å². The molecular formula is C24H20Br2N2O4. The molecule has 3 aromatic rings. The fraction of sp³-hybridized carbons (Fsp3) is 0.167. The Bertz CT molecular complexity index is 1220. The van der Waals surface area contributed by atoms with Gasteiger partial charge in [-0.1, -0.05) is 27.9 Å². The van der Waals surface area contributed by atoms with Gasteiger partial charge in [0, 0.05) is 15.4 Å². The Hall–Kier alpha value is -3.02. The Morgan fingerprint density at radius 2 is 2.09 bits per heavy atom. The Kier molecular flexibility index (Phi) is 8.14. The fourth-order valence-electron chi connectivity index (χ4n) is 3.01. The molecule has 8 heteroatoms. The second-order valence-corrected chi connectivity index (χ2v) is 8.31. The van der Waals surface area contributed by atoms with Crippen molar-refractivity contribution in [2.24, 2.45) is 5.10 Å². The summed E-state index contributed by atoms with van der Waals surface area (Å²) in [5.41, 5.74) is 4.64. The number of furan rings is 1. The molecule has 0 aliphatic rings. The first-order valence-corrected chi connectivity index (χ1v) is 11.2. The molecule has 0 aliphatic carbocycles. The van der Waals surface area contributed by atoms with Crippen molar-refractivity contribution >= 4 is 55.0 Å². The summed E-state index contributed by atoms with van der Waals surface area (Å²) >= 11 is 6.85. The first kappa shape index (κ1) is 23.6. The van der Waals surface area contributed by atoms with Crippen LogP contribution in [0.5, 0.6) is 11.5 Å². The Balaban J connectivity index is 1.82. The lowest BCUT2D eigenvalue weighted by Gasteiger charge is -2.15. The predicted octanol–water partition coefficient (Wildman–Crippen LogP) is 5.86. The number of allylic oxidation sites excluding steroid dienone is 1. The van der Waals surface area contributed by atoms with Crippen molar-refractivity contribution < 1.29 is 18.7 Å². The Morgan fingerprint density at radius 3 is 2.81 bits per heavy atom. The van der Waals surface area contributed by atoms with Gasteiger partial charge in [-0.2, -0.15) is 5.10 Å². The number of terminal acetylenes is 1. The van der Waals surface area contributed by atoms with E-state index in [2.05, 4.69) is 54.9 Å². The first-order valence-electron chi connectivity index (χ1n) is 9.65. The third-order valence-corrected chi connectivity index (χ3v) is 5.30. The predicted molar refractivity (Wildman–Crippen MR) is 133 cm³/mol. The molecule has 32 heavy (non-hydrogen) atoms. The molecule has 0 unspecified atom stereocenters. The van der Waals surface area contributed by atoms with Gasteiger partial charge in [0.15, 0.2) is 17.3 Å². The molecule has 0 radical (unpaired) electrons. The second-order valence-electron chi connectivity index (χ2n) is 6.54. The van der Waals surface area contributed by atoms with E-state index in [0.717, 1.165) is 25.5 Å². The summed E-state index contributed by atoms with van der Waals surface area (Å²) in [5.74, 6) is 3.26. The van der Waals surface area contributed by atoms with Crippen LogP contribution >= 0.6 is 31.9 Å². The van der Waals surface area contributed by atoms with E-state index in [0.29, 0.717) is 30.1 Å². The molecule has 1 amide bonds. The van der Waals surface area contributed by atoms with Gasteiger partial charge in [0.25, 0.3) is 0 Å². The highest BCUT2D eigenvalue weighted by molar-refractivity contribution is 9.11. The number of hydrogen-bond acceptors (Lipinski definition) is 5. The molecule has 1 heterocycles. The lowest BCUT2D eigenvalue weighted by atomic mass is 10.1. The Labute approximate surface area is 202 Å². The van der Waals surface area contributed by atoms with Crippen LogP contribution in [0.2, 0.25) is 0 Å². The van der Waals surface area contributed by atoms with Crippen LogP contribution < -0.4 is 14.9 Å². The van der Waals surface area contributed by atoms with Crippen molar-refractivity contribution in [1.29, 1.82) is 0 Å². The molecule has 0 saturated carbocycles. The van der Waals surface area contributed by atoms with Crippen LogP contribution in [0.4, 0.5) is 0 Å². The van der Waals surface area contributed by atoms with Crippen LogP contribution in [0.15, 0.2) is 61.5 Å². The summed E-state index contributed by atoms with van der Waals surface area (Å²) in [5, 5.41) is 4.85. The standard InChI is InChI=1S/C24H20Br2N2O4/c1-4-7-16-9-15(10-20(30-6-3)23(16)31-8-5-2)14-27-28-24(29)21-12-17-11-18(25)13-19(26)22(17)32-21/h2,4,9-14H,1,6-8H2,3H3,(H,28,29)/b27-14-. The number of nitrogens with one attached hydrogen (secondary N) is 1. The lowest BCUT2D eigenvalue weighted by Crippen LogP contribution is -2.16. The smallest absolute Gasteiger partial charge is 0.307 e. The summed E-state index contributed by atoms with van der Waals surface area (Å²) < 4.78 is 18.7. The van der Waals surface area contributed by atoms with Crippen LogP contribution in [0.1, 0.15) is 28.6 Å². The molecule has 0 bridgehead atoms. The van der Waals surface area contributed by atoms with Gasteiger partial charge in [-0.15, -0.1) is 13.0 Å². The molecule has 0 atom stereocenters. The van der Waals surface area contributed by atoms with Crippen LogP contribution in [0.3, 0.4) is 0 Å². The number of carbonyl (C=O) groups is 1. The zero-order valence-electron chi connectivity index (χ0n) is 17.3. The maximum absolute atomic E-state index is 12.5. The number of rotatable bonds is 9. The van der Waals surface area contributed by atoms with E-state index in [-0.39, 0.29) is 12.4 Å². The van der Waals surface area contributed by atoms with Crippen LogP contribution in [0.25, 0.3) is 11.0 Å². The van der Waals surface area contributed by atoms with Crippen molar-refractivity contribution in [1.82, 2.24) is 5.43 Å². The van der Waals surface area contributed by atoms with Gasteiger partial charge in [-0.3, -0.25) is 4.79 Å². The number of hydrazone groups is 1. The summed E-state index contributed by atoms with van der Waals surface area (Å²) in [4.78, 5) is 12.5. The van der Waals surface area contributed by atoms with E-state index in [1.807, 2.05) is 25.1 Å².